The second-order valence-corrected chi connectivity index (χ2v) is 2.86. The van der Waals surface area contributed by atoms with E-state index in [1.54, 1.807) is 13.8 Å². The van der Waals surface area contributed by atoms with E-state index >= 15 is 0 Å². The fourth-order valence-electron chi connectivity index (χ4n) is 0.541. The summed E-state index contributed by atoms with van der Waals surface area (Å²) in [7, 11) is 1.51. The molecule has 0 aromatic rings. The maximum absolute atomic E-state index is 11.1. The topological polar surface area (TPSA) is 35.5 Å². The van der Waals surface area contributed by atoms with Crippen LogP contribution in [-0.2, 0) is 14.3 Å². The molecular formula is C9H16O3. The molecule has 0 aliphatic rings. The van der Waals surface area contributed by atoms with E-state index in [4.69, 9.17) is 9.47 Å². The molecule has 70 valence electrons. The van der Waals surface area contributed by atoms with Gasteiger partial charge in [0.05, 0.1) is 0 Å². The maximum Gasteiger partial charge on any atom is 0.335 e. The fourth-order valence-corrected chi connectivity index (χ4v) is 0.541. The van der Waals surface area contributed by atoms with Gasteiger partial charge in [0.15, 0.2) is 0 Å². The van der Waals surface area contributed by atoms with Crippen LogP contribution in [0.2, 0.25) is 0 Å². The van der Waals surface area contributed by atoms with Crippen molar-refractivity contribution >= 4 is 5.97 Å². The number of methoxy groups -OCH3 is 1. The van der Waals surface area contributed by atoms with E-state index in [0.29, 0.717) is 12.0 Å². The van der Waals surface area contributed by atoms with Crippen LogP contribution in [0.25, 0.3) is 0 Å². The van der Waals surface area contributed by atoms with Crippen LogP contribution < -0.4 is 0 Å². The molecule has 0 spiro atoms. The van der Waals surface area contributed by atoms with E-state index in [-0.39, 0.29) is 0 Å². The third kappa shape index (κ3) is 3.05. The highest BCUT2D eigenvalue weighted by molar-refractivity contribution is 5.87. The van der Waals surface area contributed by atoms with Crippen molar-refractivity contribution in [3.63, 3.8) is 0 Å². The van der Waals surface area contributed by atoms with E-state index in [0.717, 1.165) is 0 Å². The SMILES string of the molecule is C=C(C)C(=O)OC(C)(CC)OC. The summed E-state index contributed by atoms with van der Waals surface area (Å²) in [5, 5.41) is 0. The number of rotatable bonds is 4. The third-order valence-electron chi connectivity index (χ3n) is 1.73. The molecule has 0 N–H and O–H groups in total. The molecule has 0 aromatic carbocycles. The van der Waals surface area contributed by atoms with Gasteiger partial charge >= 0.3 is 5.97 Å². The van der Waals surface area contributed by atoms with Gasteiger partial charge in [-0.2, -0.15) is 0 Å². The van der Waals surface area contributed by atoms with Crippen LogP contribution in [0, 0.1) is 0 Å². The molecule has 0 saturated carbocycles. The second-order valence-electron chi connectivity index (χ2n) is 2.86. The summed E-state index contributed by atoms with van der Waals surface area (Å²) in [4.78, 5) is 11.1. The predicted molar refractivity (Wildman–Crippen MR) is 46.6 cm³/mol. The third-order valence-corrected chi connectivity index (χ3v) is 1.73. The molecule has 0 rings (SSSR count). The summed E-state index contributed by atoms with van der Waals surface area (Å²) in [6, 6.07) is 0. The number of hydrogen-bond acceptors (Lipinski definition) is 3. The van der Waals surface area contributed by atoms with E-state index in [2.05, 4.69) is 6.58 Å². The van der Waals surface area contributed by atoms with Crippen LogP contribution in [0.1, 0.15) is 27.2 Å². The lowest BCUT2D eigenvalue weighted by molar-refractivity contribution is -0.210. The van der Waals surface area contributed by atoms with Crippen molar-refractivity contribution in [1.82, 2.24) is 0 Å². The molecule has 0 bridgehead atoms. The van der Waals surface area contributed by atoms with Crippen molar-refractivity contribution < 1.29 is 14.3 Å². The average Bonchev–Trinajstić information content (AvgIpc) is 2.04. The standard InChI is InChI=1S/C9H16O3/c1-6-9(4,11-5)12-8(10)7(2)3/h2,6H2,1,3-5H3. The molecule has 12 heavy (non-hydrogen) atoms. The Morgan fingerprint density at radius 1 is 1.58 bits per heavy atom. The first-order chi connectivity index (χ1) is 5.45. The minimum atomic E-state index is -0.823. The Kier molecular flexibility index (Phi) is 3.96. The molecule has 0 aliphatic heterocycles. The molecule has 0 fully saturated rings. The van der Waals surface area contributed by atoms with Gasteiger partial charge in [-0.3, -0.25) is 0 Å². The van der Waals surface area contributed by atoms with Crippen molar-refractivity contribution in [2.75, 3.05) is 7.11 Å². The van der Waals surface area contributed by atoms with Crippen molar-refractivity contribution in [2.45, 2.75) is 33.0 Å². The quantitative estimate of drug-likeness (QED) is 0.369. The lowest BCUT2D eigenvalue weighted by Gasteiger charge is -2.26. The van der Waals surface area contributed by atoms with Crippen LogP contribution in [0.15, 0.2) is 12.2 Å². The van der Waals surface area contributed by atoms with Crippen molar-refractivity contribution in [3.8, 4) is 0 Å². The minimum absolute atomic E-state index is 0.381. The largest absolute Gasteiger partial charge is 0.430 e. The van der Waals surface area contributed by atoms with Gasteiger partial charge in [0, 0.05) is 26.0 Å². The first kappa shape index (κ1) is 11.2. The van der Waals surface area contributed by atoms with Crippen LogP contribution in [0.5, 0.6) is 0 Å². The van der Waals surface area contributed by atoms with Gasteiger partial charge in [-0.25, -0.2) is 4.79 Å². The zero-order valence-corrected chi connectivity index (χ0v) is 8.14. The molecule has 3 nitrogen and oxygen atoms in total. The zero-order valence-electron chi connectivity index (χ0n) is 8.14. The lowest BCUT2D eigenvalue weighted by Crippen LogP contribution is -2.33. The van der Waals surface area contributed by atoms with Gasteiger partial charge in [-0.15, -0.1) is 0 Å². The number of esters is 1. The molecule has 0 amide bonds. The van der Waals surface area contributed by atoms with Gasteiger partial charge in [-0.1, -0.05) is 13.5 Å². The van der Waals surface area contributed by atoms with Gasteiger partial charge < -0.3 is 9.47 Å². The van der Waals surface area contributed by atoms with Crippen LogP contribution >= 0.6 is 0 Å². The van der Waals surface area contributed by atoms with Crippen molar-refractivity contribution in [3.05, 3.63) is 12.2 Å². The Labute approximate surface area is 73.4 Å². The normalized spacial score (nSPS) is 15.0. The van der Waals surface area contributed by atoms with E-state index < -0.39 is 11.8 Å². The Morgan fingerprint density at radius 3 is 2.33 bits per heavy atom. The second kappa shape index (κ2) is 4.26. The van der Waals surface area contributed by atoms with Gasteiger partial charge in [-0.05, 0) is 6.92 Å². The number of carbonyl (C=O) groups excluding carboxylic acids is 1. The summed E-state index contributed by atoms with van der Waals surface area (Å²) < 4.78 is 10.1. The summed E-state index contributed by atoms with van der Waals surface area (Å²) in [6.07, 6.45) is 0.614. The molecule has 0 saturated heterocycles. The molecule has 0 aliphatic carbocycles. The molecule has 3 heteroatoms. The monoisotopic (exact) mass is 172 g/mol. The fraction of sp³-hybridized carbons (Fsp3) is 0.667. The molecule has 0 aromatic heterocycles. The Balaban J connectivity index is 4.21. The Morgan fingerprint density at radius 2 is 2.08 bits per heavy atom. The first-order valence-electron chi connectivity index (χ1n) is 3.89. The van der Waals surface area contributed by atoms with Gasteiger partial charge in [0.2, 0.25) is 5.79 Å². The smallest absolute Gasteiger partial charge is 0.335 e. The molecule has 1 unspecified atom stereocenters. The van der Waals surface area contributed by atoms with E-state index in [9.17, 15) is 4.79 Å². The Bertz CT molecular complexity index is 180. The summed E-state index contributed by atoms with van der Waals surface area (Å²) in [5.41, 5.74) is 0.381. The Hall–Kier alpha value is -0.830. The molecule has 1 atom stereocenters. The first-order valence-corrected chi connectivity index (χ1v) is 3.89. The van der Waals surface area contributed by atoms with Crippen LogP contribution in [0.4, 0.5) is 0 Å². The van der Waals surface area contributed by atoms with Crippen molar-refractivity contribution in [2.24, 2.45) is 0 Å². The van der Waals surface area contributed by atoms with Gasteiger partial charge in [0.1, 0.15) is 0 Å². The number of ether oxygens (including phenoxy) is 2. The number of carbonyl (C=O) groups is 1. The number of hydrogen-bond donors (Lipinski definition) is 0. The van der Waals surface area contributed by atoms with Crippen molar-refractivity contribution in [1.29, 1.82) is 0 Å². The molecule has 0 radical (unpaired) electrons. The summed E-state index contributed by atoms with van der Waals surface area (Å²) >= 11 is 0. The maximum atomic E-state index is 11.1. The van der Waals surface area contributed by atoms with Crippen LogP contribution in [-0.4, -0.2) is 18.9 Å². The highest BCUT2D eigenvalue weighted by atomic mass is 16.7. The predicted octanol–water partition coefficient (Wildman–Crippen LogP) is 1.88. The minimum Gasteiger partial charge on any atom is -0.430 e. The summed E-state index contributed by atoms with van der Waals surface area (Å²) in [5.74, 6) is -1.24. The summed E-state index contributed by atoms with van der Waals surface area (Å²) in [6.45, 7) is 8.68. The highest BCUT2D eigenvalue weighted by Gasteiger charge is 2.25. The van der Waals surface area contributed by atoms with Gasteiger partial charge in [0.25, 0.3) is 0 Å². The van der Waals surface area contributed by atoms with E-state index in [1.165, 1.54) is 7.11 Å². The average molecular weight is 172 g/mol. The molecule has 0 heterocycles. The van der Waals surface area contributed by atoms with Crippen LogP contribution in [0.3, 0.4) is 0 Å². The lowest BCUT2D eigenvalue weighted by atomic mass is 10.2. The van der Waals surface area contributed by atoms with E-state index in [1.807, 2.05) is 6.92 Å². The zero-order chi connectivity index (χ0) is 9.78. The molecular weight excluding hydrogens is 156 g/mol. The highest BCUT2D eigenvalue weighted by Crippen LogP contribution is 2.16.